The van der Waals surface area contributed by atoms with E-state index in [-0.39, 0.29) is 20.7 Å². The van der Waals surface area contributed by atoms with Crippen molar-refractivity contribution in [2.75, 3.05) is 11.6 Å². The van der Waals surface area contributed by atoms with E-state index in [4.69, 9.17) is 4.74 Å². The van der Waals surface area contributed by atoms with Gasteiger partial charge in [-0.05, 0) is 31.0 Å². The summed E-state index contributed by atoms with van der Waals surface area (Å²) in [6.07, 6.45) is 2.25. The standard InChI is InChI=1S/C15H16N2O5S2/c1-8-5-6-11(13(9(8)2)22-10(3)18)14(19)17-15-16-7-12(23-15)24(4,20)21/h5-7H,1-4H3,(H,16,17,19). The summed E-state index contributed by atoms with van der Waals surface area (Å²) in [7, 11) is -3.38. The lowest BCUT2D eigenvalue weighted by atomic mass is 10.0. The van der Waals surface area contributed by atoms with Crippen LogP contribution in [0, 0.1) is 13.8 Å². The zero-order valence-corrected chi connectivity index (χ0v) is 15.2. The molecule has 0 aliphatic heterocycles. The Balaban J connectivity index is 2.35. The van der Waals surface area contributed by atoms with Crippen LogP contribution in [0.25, 0.3) is 0 Å². The van der Waals surface area contributed by atoms with Gasteiger partial charge >= 0.3 is 5.97 Å². The topological polar surface area (TPSA) is 102 Å². The molecule has 2 aromatic rings. The fraction of sp³-hybridized carbons (Fsp3) is 0.267. The molecule has 128 valence electrons. The van der Waals surface area contributed by atoms with Gasteiger partial charge in [0.1, 0.15) is 9.96 Å². The monoisotopic (exact) mass is 368 g/mol. The number of sulfone groups is 1. The predicted octanol–water partition coefficient (Wildman–Crippen LogP) is 2.34. The lowest BCUT2D eigenvalue weighted by Gasteiger charge is -2.13. The van der Waals surface area contributed by atoms with E-state index in [0.717, 1.165) is 23.2 Å². The number of carbonyl (C=O) groups excluding carboxylic acids is 2. The van der Waals surface area contributed by atoms with Crippen molar-refractivity contribution in [3.8, 4) is 5.75 Å². The molecule has 0 spiro atoms. The summed E-state index contributed by atoms with van der Waals surface area (Å²) in [5.41, 5.74) is 1.72. The number of esters is 1. The lowest BCUT2D eigenvalue weighted by Crippen LogP contribution is -2.16. The van der Waals surface area contributed by atoms with Gasteiger partial charge in [-0.3, -0.25) is 14.9 Å². The average molecular weight is 368 g/mol. The van der Waals surface area contributed by atoms with Crippen LogP contribution < -0.4 is 10.1 Å². The van der Waals surface area contributed by atoms with E-state index in [9.17, 15) is 18.0 Å². The van der Waals surface area contributed by atoms with E-state index in [2.05, 4.69) is 10.3 Å². The Labute approximate surface area is 143 Å². The van der Waals surface area contributed by atoms with Gasteiger partial charge < -0.3 is 4.74 Å². The van der Waals surface area contributed by atoms with Crippen molar-refractivity contribution in [3.05, 3.63) is 35.0 Å². The Bertz CT molecular complexity index is 916. The van der Waals surface area contributed by atoms with Gasteiger partial charge in [0.2, 0.25) is 0 Å². The van der Waals surface area contributed by atoms with Crippen LogP contribution in [0.15, 0.2) is 22.5 Å². The number of thiazole rings is 1. The molecule has 0 bridgehead atoms. The third-order valence-corrected chi connectivity index (χ3v) is 5.94. The third kappa shape index (κ3) is 3.98. The first-order chi connectivity index (χ1) is 11.1. The number of nitrogens with zero attached hydrogens (tertiary/aromatic N) is 1. The largest absolute Gasteiger partial charge is 0.426 e. The van der Waals surface area contributed by atoms with Crippen LogP contribution in [0.3, 0.4) is 0 Å². The first kappa shape index (κ1) is 18.1. The van der Waals surface area contributed by atoms with Crippen LogP contribution in [0.1, 0.15) is 28.4 Å². The summed E-state index contributed by atoms with van der Waals surface area (Å²) in [5, 5.41) is 2.67. The highest BCUT2D eigenvalue weighted by atomic mass is 32.2. The SMILES string of the molecule is CC(=O)Oc1c(C(=O)Nc2ncc(S(C)(=O)=O)s2)ccc(C)c1C. The van der Waals surface area contributed by atoms with Crippen molar-refractivity contribution in [1.82, 2.24) is 4.98 Å². The highest BCUT2D eigenvalue weighted by Gasteiger charge is 2.20. The molecule has 0 aliphatic rings. The molecule has 0 fully saturated rings. The first-order valence-electron chi connectivity index (χ1n) is 6.85. The minimum atomic E-state index is -3.38. The number of aromatic nitrogens is 1. The molecule has 1 heterocycles. The van der Waals surface area contributed by atoms with Crippen LogP contribution in [-0.4, -0.2) is 31.5 Å². The Hall–Kier alpha value is -2.26. The maximum absolute atomic E-state index is 12.5. The minimum absolute atomic E-state index is 0.0538. The van der Waals surface area contributed by atoms with E-state index < -0.39 is 21.7 Å². The van der Waals surface area contributed by atoms with Crippen molar-refractivity contribution in [2.45, 2.75) is 25.0 Å². The molecule has 0 saturated carbocycles. The van der Waals surface area contributed by atoms with Crippen LogP contribution in [0.4, 0.5) is 5.13 Å². The average Bonchev–Trinajstić information content (AvgIpc) is 2.92. The molecule has 2 rings (SSSR count). The number of amides is 1. The summed E-state index contributed by atoms with van der Waals surface area (Å²) >= 11 is 0.851. The number of carbonyl (C=O) groups is 2. The molecular formula is C15H16N2O5S2. The van der Waals surface area contributed by atoms with E-state index in [0.29, 0.717) is 5.56 Å². The molecule has 1 amide bonds. The summed E-state index contributed by atoms with van der Waals surface area (Å²) in [5.74, 6) is -0.894. The van der Waals surface area contributed by atoms with Crippen molar-refractivity contribution >= 4 is 38.2 Å². The number of ether oxygens (including phenoxy) is 1. The fourth-order valence-electron chi connectivity index (χ4n) is 1.90. The summed E-state index contributed by atoms with van der Waals surface area (Å²) < 4.78 is 28.1. The van der Waals surface area contributed by atoms with Crippen LogP contribution >= 0.6 is 11.3 Å². The molecule has 0 radical (unpaired) electrons. The maximum Gasteiger partial charge on any atom is 0.308 e. The van der Waals surface area contributed by atoms with Crippen molar-refractivity contribution in [1.29, 1.82) is 0 Å². The number of aryl methyl sites for hydroxylation is 1. The highest BCUT2D eigenvalue weighted by molar-refractivity contribution is 7.92. The van der Waals surface area contributed by atoms with Crippen molar-refractivity contribution in [3.63, 3.8) is 0 Å². The Kier molecular flexibility index (Phi) is 5.05. The number of hydrogen-bond acceptors (Lipinski definition) is 7. The number of rotatable bonds is 4. The number of benzene rings is 1. The molecule has 1 N–H and O–H groups in total. The number of nitrogens with one attached hydrogen (secondary N) is 1. The van der Waals surface area contributed by atoms with Gasteiger partial charge in [-0.15, -0.1) is 0 Å². The van der Waals surface area contributed by atoms with Crippen LogP contribution in [0.5, 0.6) is 5.75 Å². The Morgan fingerprint density at radius 3 is 2.46 bits per heavy atom. The van der Waals surface area contributed by atoms with Crippen molar-refractivity contribution in [2.24, 2.45) is 0 Å². The number of anilines is 1. The van der Waals surface area contributed by atoms with Crippen molar-refractivity contribution < 1.29 is 22.7 Å². The molecule has 7 nitrogen and oxygen atoms in total. The summed E-state index contributed by atoms with van der Waals surface area (Å²) in [4.78, 5) is 27.6. The molecular weight excluding hydrogens is 352 g/mol. The molecule has 1 aromatic carbocycles. The van der Waals surface area contributed by atoms with E-state index in [1.54, 1.807) is 19.1 Å². The first-order valence-corrected chi connectivity index (χ1v) is 9.56. The molecule has 0 saturated heterocycles. The Morgan fingerprint density at radius 2 is 1.92 bits per heavy atom. The molecule has 9 heteroatoms. The predicted molar refractivity (Wildman–Crippen MR) is 90.4 cm³/mol. The fourth-order valence-corrected chi connectivity index (χ4v) is 3.53. The quantitative estimate of drug-likeness (QED) is 0.656. The second-order valence-corrected chi connectivity index (χ2v) is 8.46. The van der Waals surface area contributed by atoms with Gasteiger partial charge in [-0.1, -0.05) is 17.4 Å². The van der Waals surface area contributed by atoms with Gasteiger partial charge in [0.05, 0.1) is 11.8 Å². The van der Waals surface area contributed by atoms with Crippen LogP contribution in [0.2, 0.25) is 0 Å². The van der Waals surface area contributed by atoms with Gasteiger partial charge in [0.15, 0.2) is 15.0 Å². The third-order valence-electron chi connectivity index (χ3n) is 3.24. The Morgan fingerprint density at radius 1 is 1.25 bits per heavy atom. The summed E-state index contributed by atoms with van der Waals surface area (Å²) in [6.45, 7) is 4.83. The number of hydrogen-bond donors (Lipinski definition) is 1. The highest BCUT2D eigenvalue weighted by Crippen LogP contribution is 2.29. The minimum Gasteiger partial charge on any atom is -0.426 e. The normalized spacial score (nSPS) is 11.2. The zero-order valence-electron chi connectivity index (χ0n) is 13.5. The van der Waals surface area contributed by atoms with E-state index in [1.165, 1.54) is 13.1 Å². The van der Waals surface area contributed by atoms with Gasteiger partial charge in [-0.2, -0.15) is 0 Å². The molecule has 1 aromatic heterocycles. The van der Waals surface area contributed by atoms with E-state index >= 15 is 0 Å². The molecule has 0 atom stereocenters. The van der Waals surface area contributed by atoms with E-state index in [1.807, 2.05) is 6.92 Å². The van der Waals surface area contributed by atoms with Gasteiger partial charge in [0, 0.05) is 13.2 Å². The summed E-state index contributed by atoms with van der Waals surface area (Å²) in [6, 6.07) is 3.28. The van der Waals surface area contributed by atoms with Crippen LogP contribution in [-0.2, 0) is 14.6 Å². The smallest absolute Gasteiger partial charge is 0.308 e. The molecule has 24 heavy (non-hydrogen) atoms. The van der Waals surface area contributed by atoms with Gasteiger partial charge in [-0.25, -0.2) is 13.4 Å². The maximum atomic E-state index is 12.5. The zero-order chi connectivity index (χ0) is 18.1. The molecule has 0 aliphatic carbocycles. The second kappa shape index (κ2) is 6.70. The molecule has 0 unspecified atom stereocenters. The van der Waals surface area contributed by atoms with Gasteiger partial charge in [0.25, 0.3) is 5.91 Å². The second-order valence-electron chi connectivity index (χ2n) is 5.19. The lowest BCUT2D eigenvalue weighted by molar-refractivity contribution is -0.131.